The lowest BCUT2D eigenvalue weighted by atomic mass is 9.97. The van der Waals surface area contributed by atoms with Crippen molar-refractivity contribution in [1.29, 1.82) is 0 Å². The number of fused-ring (bicyclic) bond motifs is 1. The number of benzene rings is 1. The van der Waals surface area contributed by atoms with Crippen LogP contribution in [0.3, 0.4) is 0 Å². The molecule has 6 heteroatoms. The van der Waals surface area contributed by atoms with Crippen LogP contribution in [0, 0.1) is 0 Å². The number of aromatic nitrogens is 1. The Morgan fingerprint density at radius 2 is 1.95 bits per heavy atom. The molecule has 1 aliphatic rings. The third-order valence-electron chi connectivity index (χ3n) is 3.69. The lowest BCUT2D eigenvalue weighted by Crippen LogP contribution is -2.33. The van der Waals surface area contributed by atoms with E-state index in [1.54, 1.807) is 4.90 Å². The fourth-order valence-corrected chi connectivity index (χ4v) is 2.69. The van der Waals surface area contributed by atoms with Gasteiger partial charge in [-0.1, -0.05) is 12.1 Å². The van der Waals surface area contributed by atoms with Gasteiger partial charge in [-0.3, -0.25) is 0 Å². The number of nitrogen functional groups attached to an aromatic ring is 1. The second-order valence-corrected chi connectivity index (χ2v) is 5.03. The van der Waals surface area contributed by atoms with Crippen molar-refractivity contribution >= 4 is 11.5 Å². The quantitative estimate of drug-likeness (QED) is 0.821. The molecule has 1 aromatic carbocycles. The van der Waals surface area contributed by atoms with Crippen LogP contribution < -0.4 is 10.6 Å². The summed E-state index contributed by atoms with van der Waals surface area (Å²) in [6, 6.07) is 7.91. The van der Waals surface area contributed by atoms with E-state index in [9.17, 15) is 13.2 Å². The van der Waals surface area contributed by atoms with Crippen molar-refractivity contribution < 1.29 is 13.2 Å². The molecule has 0 saturated carbocycles. The Hall–Kier alpha value is -2.24. The Morgan fingerprint density at radius 1 is 1.14 bits per heavy atom. The number of hydrogen-bond acceptors (Lipinski definition) is 3. The molecule has 2 aromatic rings. The van der Waals surface area contributed by atoms with Crippen LogP contribution in [0.25, 0.3) is 0 Å². The Kier molecular flexibility index (Phi) is 3.23. The first kappa shape index (κ1) is 13.7. The number of alkyl halides is 3. The molecule has 3 nitrogen and oxygen atoms in total. The van der Waals surface area contributed by atoms with Gasteiger partial charge in [-0.05, 0) is 35.7 Å². The van der Waals surface area contributed by atoms with Gasteiger partial charge < -0.3 is 10.6 Å². The van der Waals surface area contributed by atoms with Gasteiger partial charge in [0.25, 0.3) is 0 Å². The normalized spacial score (nSPS) is 14.9. The lowest BCUT2D eigenvalue weighted by Gasteiger charge is -2.32. The van der Waals surface area contributed by atoms with E-state index in [1.807, 2.05) is 18.2 Å². The van der Waals surface area contributed by atoms with Crippen LogP contribution in [0.2, 0.25) is 0 Å². The highest BCUT2D eigenvalue weighted by atomic mass is 19.4. The summed E-state index contributed by atoms with van der Waals surface area (Å²) in [5.74, 6) is -0.0157. The Morgan fingerprint density at radius 3 is 2.71 bits per heavy atom. The molecule has 0 spiro atoms. The zero-order valence-corrected chi connectivity index (χ0v) is 11.2. The van der Waals surface area contributed by atoms with Gasteiger partial charge in [0, 0.05) is 25.0 Å². The van der Waals surface area contributed by atoms with Crippen LogP contribution in [0.4, 0.5) is 24.7 Å². The third kappa shape index (κ3) is 2.53. The van der Waals surface area contributed by atoms with Crippen molar-refractivity contribution in [3.8, 4) is 0 Å². The maximum Gasteiger partial charge on any atom is 0.419 e. The van der Waals surface area contributed by atoms with Crippen LogP contribution in [0.1, 0.15) is 16.7 Å². The monoisotopic (exact) mass is 293 g/mol. The van der Waals surface area contributed by atoms with E-state index in [1.165, 1.54) is 12.3 Å². The minimum atomic E-state index is -4.40. The number of nitrogens with two attached hydrogens (primary N) is 1. The number of pyridine rings is 1. The van der Waals surface area contributed by atoms with Crippen LogP contribution in [-0.2, 0) is 19.1 Å². The molecule has 0 aliphatic carbocycles. The van der Waals surface area contributed by atoms with Gasteiger partial charge in [0.05, 0.1) is 5.56 Å². The summed E-state index contributed by atoms with van der Waals surface area (Å²) in [5, 5.41) is 0. The van der Waals surface area contributed by atoms with Crippen molar-refractivity contribution in [2.45, 2.75) is 19.1 Å². The third-order valence-corrected chi connectivity index (χ3v) is 3.69. The summed E-state index contributed by atoms with van der Waals surface area (Å²) in [6.07, 6.45) is -2.39. The molecular weight excluding hydrogens is 279 g/mol. The molecule has 1 aliphatic heterocycles. The van der Waals surface area contributed by atoms with Crippen molar-refractivity contribution in [1.82, 2.24) is 4.98 Å². The van der Waals surface area contributed by atoms with E-state index >= 15 is 0 Å². The first-order valence-corrected chi connectivity index (χ1v) is 6.60. The standard InChI is InChI=1S/C15H14F3N3/c16-15(17,18)12-4-2-7-20-14(12)21-8-6-11-10(9-21)3-1-5-13(11)19/h1-5,7H,6,8-9,19H2. The lowest BCUT2D eigenvalue weighted by molar-refractivity contribution is -0.137. The minimum Gasteiger partial charge on any atom is -0.398 e. The molecule has 110 valence electrons. The molecule has 2 N–H and O–H groups in total. The van der Waals surface area contributed by atoms with Gasteiger partial charge >= 0.3 is 6.18 Å². The van der Waals surface area contributed by atoms with Gasteiger partial charge in [-0.2, -0.15) is 13.2 Å². The summed E-state index contributed by atoms with van der Waals surface area (Å²) < 4.78 is 39.2. The maximum absolute atomic E-state index is 13.1. The van der Waals surface area contributed by atoms with E-state index in [2.05, 4.69) is 4.98 Å². The van der Waals surface area contributed by atoms with Crippen molar-refractivity contribution in [3.63, 3.8) is 0 Å². The second-order valence-electron chi connectivity index (χ2n) is 5.03. The van der Waals surface area contributed by atoms with E-state index in [0.717, 1.165) is 17.2 Å². The van der Waals surface area contributed by atoms with Crippen molar-refractivity contribution in [2.75, 3.05) is 17.2 Å². The largest absolute Gasteiger partial charge is 0.419 e. The zero-order chi connectivity index (χ0) is 15.0. The number of anilines is 2. The number of nitrogens with zero attached hydrogens (tertiary/aromatic N) is 2. The van der Waals surface area contributed by atoms with Gasteiger partial charge in [0.1, 0.15) is 5.82 Å². The Bertz CT molecular complexity index is 667. The fraction of sp³-hybridized carbons (Fsp3) is 0.267. The fourth-order valence-electron chi connectivity index (χ4n) is 2.69. The van der Waals surface area contributed by atoms with Crippen molar-refractivity contribution in [3.05, 3.63) is 53.2 Å². The number of halogens is 3. The smallest absolute Gasteiger partial charge is 0.398 e. The summed E-state index contributed by atoms with van der Waals surface area (Å²) in [5.41, 5.74) is 7.90. The van der Waals surface area contributed by atoms with Gasteiger partial charge in [0.15, 0.2) is 0 Å². The summed E-state index contributed by atoms with van der Waals surface area (Å²) in [7, 11) is 0. The second kappa shape index (κ2) is 4.95. The Labute approximate surface area is 120 Å². The van der Waals surface area contributed by atoms with E-state index < -0.39 is 11.7 Å². The highest BCUT2D eigenvalue weighted by Gasteiger charge is 2.36. The first-order valence-electron chi connectivity index (χ1n) is 6.60. The molecular formula is C15H14F3N3. The molecule has 21 heavy (non-hydrogen) atoms. The molecule has 0 radical (unpaired) electrons. The zero-order valence-electron chi connectivity index (χ0n) is 11.2. The maximum atomic E-state index is 13.1. The van der Waals surface area contributed by atoms with Gasteiger partial charge in [-0.25, -0.2) is 4.98 Å². The highest BCUT2D eigenvalue weighted by molar-refractivity contribution is 5.56. The topological polar surface area (TPSA) is 42.1 Å². The first-order chi connectivity index (χ1) is 9.97. The van der Waals surface area contributed by atoms with Gasteiger partial charge in [-0.15, -0.1) is 0 Å². The van der Waals surface area contributed by atoms with E-state index in [4.69, 9.17) is 5.73 Å². The summed E-state index contributed by atoms with van der Waals surface area (Å²) in [4.78, 5) is 5.60. The molecule has 0 bridgehead atoms. The van der Waals surface area contributed by atoms with Crippen LogP contribution in [0.15, 0.2) is 36.5 Å². The van der Waals surface area contributed by atoms with Crippen LogP contribution >= 0.6 is 0 Å². The summed E-state index contributed by atoms with van der Waals surface area (Å²) in [6.45, 7) is 0.863. The highest BCUT2D eigenvalue weighted by Crippen LogP contribution is 2.37. The molecule has 0 fully saturated rings. The SMILES string of the molecule is Nc1cccc2c1CCN(c1ncccc1C(F)(F)F)C2. The van der Waals surface area contributed by atoms with E-state index in [-0.39, 0.29) is 5.82 Å². The molecule has 3 rings (SSSR count). The molecule has 0 atom stereocenters. The predicted octanol–water partition coefficient (Wildman–Crippen LogP) is 3.25. The molecule has 2 heterocycles. The van der Waals surface area contributed by atoms with Gasteiger partial charge in [0.2, 0.25) is 0 Å². The molecule has 1 aromatic heterocycles. The minimum absolute atomic E-state index is 0.0157. The average Bonchev–Trinajstić information content (AvgIpc) is 2.46. The molecule has 0 unspecified atom stereocenters. The molecule has 0 amide bonds. The predicted molar refractivity (Wildman–Crippen MR) is 74.8 cm³/mol. The van der Waals surface area contributed by atoms with Crippen LogP contribution in [-0.4, -0.2) is 11.5 Å². The van der Waals surface area contributed by atoms with Crippen molar-refractivity contribution in [2.24, 2.45) is 0 Å². The Balaban J connectivity index is 1.98. The summed E-state index contributed by atoms with van der Waals surface area (Å²) >= 11 is 0. The number of rotatable bonds is 1. The van der Waals surface area contributed by atoms with Crippen LogP contribution in [0.5, 0.6) is 0 Å². The van der Waals surface area contributed by atoms with E-state index in [0.29, 0.717) is 25.2 Å². The molecule has 0 saturated heterocycles. The number of hydrogen-bond donors (Lipinski definition) is 1. The average molecular weight is 293 g/mol.